The molecule has 3 heteroatoms. The molecular formula is C12H11N3. The Morgan fingerprint density at radius 3 is 2.93 bits per heavy atom. The van der Waals surface area contributed by atoms with Crippen molar-refractivity contribution in [3.8, 4) is 6.07 Å². The van der Waals surface area contributed by atoms with Gasteiger partial charge in [-0.2, -0.15) is 5.26 Å². The maximum Gasteiger partial charge on any atom is 0.0991 e. The standard InChI is InChI=1S/C12H11N3/c1-14-11-4-3-10-6-9(7-13)2-5-12(10)15-8-11/h2-6,8,14-15H,1H3. The van der Waals surface area contributed by atoms with E-state index in [0.29, 0.717) is 5.56 Å². The molecular weight excluding hydrogens is 186 g/mol. The number of nitrogens with zero attached hydrogens (tertiary/aromatic N) is 1. The summed E-state index contributed by atoms with van der Waals surface area (Å²) >= 11 is 0. The lowest BCUT2D eigenvalue weighted by Crippen LogP contribution is -2.04. The average Bonchev–Trinajstić information content (AvgIpc) is 2.50. The van der Waals surface area contributed by atoms with Gasteiger partial charge in [-0.3, -0.25) is 0 Å². The molecule has 74 valence electrons. The molecule has 0 amide bonds. The maximum atomic E-state index is 8.79. The van der Waals surface area contributed by atoms with Gasteiger partial charge in [0, 0.05) is 18.9 Å². The molecule has 0 aliphatic carbocycles. The van der Waals surface area contributed by atoms with Gasteiger partial charge in [0.1, 0.15) is 0 Å². The normalized spacial score (nSPS) is 12.9. The number of fused-ring (bicyclic) bond motifs is 1. The number of hydrogen-bond acceptors (Lipinski definition) is 3. The van der Waals surface area contributed by atoms with Gasteiger partial charge < -0.3 is 10.6 Å². The van der Waals surface area contributed by atoms with Crippen LogP contribution in [0.5, 0.6) is 0 Å². The molecule has 1 aliphatic heterocycles. The fourth-order valence-electron chi connectivity index (χ4n) is 1.44. The Bertz CT molecular complexity index is 478. The van der Waals surface area contributed by atoms with Gasteiger partial charge in [0.25, 0.3) is 0 Å². The van der Waals surface area contributed by atoms with Crippen LogP contribution < -0.4 is 10.6 Å². The van der Waals surface area contributed by atoms with E-state index in [1.54, 1.807) is 6.07 Å². The first kappa shape index (κ1) is 9.35. The maximum absolute atomic E-state index is 8.79. The van der Waals surface area contributed by atoms with Gasteiger partial charge in [0.15, 0.2) is 0 Å². The number of nitrogens with one attached hydrogen (secondary N) is 2. The van der Waals surface area contributed by atoms with Crippen LogP contribution in [0.3, 0.4) is 0 Å². The lowest BCUT2D eigenvalue weighted by atomic mass is 10.1. The minimum atomic E-state index is 0.674. The van der Waals surface area contributed by atoms with E-state index in [0.717, 1.165) is 16.9 Å². The van der Waals surface area contributed by atoms with Crippen molar-refractivity contribution < 1.29 is 0 Å². The van der Waals surface area contributed by atoms with Crippen LogP contribution in [-0.2, 0) is 0 Å². The van der Waals surface area contributed by atoms with E-state index in [1.165, 1.54) is 0 Å². The Balaban J connectivity index is 2.42. The number of allylic oxidation sites excluding steroid dienone is 1. The first-order chi connectivity index (χ1) is 7.33. The molecule has 0 bridgehead atoms. The molecule has 15 heavy (non-hydrogen) atoms. The molecule has 1 aromatic carbocycles. The lowest BCUT2D eigenvalue weighted by molar-refractivity contribution is 1.03. The van der Waals surface area contributed by atoms with Crippen molar-refractivity contribution in [3.63, 3.8) is 0 Å². The van der Waals surface area contributed by atoms with Crippen LogP contribution in [-0.4, -0.2) is 7.05 Å². The predicted molar refractivity (Wildman–Crippen MR) is 61.0 cm³/mol. The molecule has 0 radical (unpaired) electrons. The summed E-state index contributed by atoms with van der Waals surface area (Å²) in [6.45, 7) is 0. The van der Waals surface area contributed by atoms with Gasteiger partial charge in [0.05, 0.1) is 17.3 Å². The molecule has 0 spiro atoms. The summed E-state index contributed by atoms with van der Waals surface area (Å²) in [5, 5.41) is 15.0. The number of nitriles is 1. The van der Waals surface area contributed by atoms with E-state index < -0.39 is 0 Å². The number of hydrogen-bond donors (Lipinski definition) is 2. The molecule has 0 saturated heterocycles. The smallest absolute Gasteiger partial charge is 0.0991 e. The van der Waals surface area contributed by atoms with E-state index >= 15 is 0 Å². The van der Waals surface area contributed by atoms with Crippen LogP contribution in [0, 0.1) is 11.3 Å². The first-order valence-corrected chi connectivity index (χ1v) is 4.70. The molecule has 0 saturated carbocycles. The Morgan fingerprint density at radius 2 is 2.20 bits per heavy atom. The van der Waals surface area contributed by atoms with E-state index in [1.807, 2.05) is 37.5 Å². The van der Waals surface area contributed by atoms with Crippen LogP contribution >= 0.6 is 0 Å². The Kier molecular flexibility index (Phi) is 2.42. The number of likely N-dealkylation sites (N-methyl/N-ethyl adjacent to an activating group) is 1. The predicted octanol–water partition coefficient (Wildman–Crippen LogP) is 2.06. The van der Waals surface area contributed by atoms with Crippen LogP contribution in [0.25, 0.3) is 6.08 Å². The fourth-order valence-corrected chi connectivity index (χ4v) is 1.44. The minimum absolute atomic E-state index is 0.674. The van der Waals surface area contributed by atoms with Crippen molar-refractivity contribution in [2.75, 3.05) is 12.4 Å². The van der Waals surface area contributed by atoms with Crippen molar-refractivity contribution in [1.82, 2.24) is 5.32 Å². The third-order valence-corrected chi connectivity index (χ3v) is 2.29. The van der Waals surface area contributed by atoms with Gasteiger partial charge in [-0.25, -0.2) is 0 Å². The number of benzene rings is 1. The third kappa shape index (κ3) is 1.84. The van der Waals surface area contributed by atoms with Crippen molar-refractivity contribution in [2.45, 2.75) is 0 Å². The Morgan fingerprint density at radius 1 is 1.33 bits per heavy atom. The highest BCUT2D eigenvalue weighted by Crippen LogP contribution is 2.21. The zero-order valence-electron chi connectivity index (χ0n) is 8.41. The SMILES string of the molecule is CNC1=CNc2ccc(C#N)cc2C=C1. The van der Waals surface area contributed by atoms with E-state index in [4.69, 9.17) is 5.26 Å². The van der Waals surface area contributed by atoms with Crippen molar-refractivity contribution in [2.24, 2.45) is 0 Å². The second-order valence-electron chi connectivity index (χ2n) is 3.24. The topological polar surface area (TPSA) is 47.8 Å². The average molecular weight is 197 g/mol. The van der Waals surface area contributed by atoms with Crippen LogP contribution in [0.2, 0.25) is 0 Å². The van der Waals surface area contributed by atoms with Crippen molar-refractivity contribution in [1.29, 1.82) is 5.26 Å². The number of rotatable bonds is 1. The Hall–Kier alpha value is -2.21. The van der Waals surface area contributed by atoms with Gasteiger partial charge in [-0.05, 0) is 29.8 Å². The highest BCUT2D eigenvalue weighted by molar-refractivity contribution is 5.72. The molecule has 1 heterocycles. The van der Waals surface area contributed by atoms with Gasteiger partial charge in [-0.1, -0.05) is 6.08 Å². The molecule has 0 fully saturated rings. The van der Waals surface area contributed by atoms with Crippen LogP contribution in [0.1, 0.15) is 11.1 Å². The zero-order chi connectivity index (χ0) is 10.7. The molecule has 0 unspecified atom stereocenters. The molecule has 0 aromatic heterocycles. The quantitative estimate of drug-likeness (QED) is 0.724. The summed E-state index contributed by atoms with van der Waals surface area (Å²) in [5.41, 5.74) is 3.71. The van der Waals surface area contributed by atoms with Crippen molar-refractivity contribution >= 4 is 11.8 Å². The van der Waals surface area contributed by atoms with Crippen molar-refractivity contribution in [3.05, 3.63) is 47.3 Å². The highest BCUT2D eigenvalue weighted by Gasteiger charge is 2.03. The lowest BCUT2D eigenvalue weighted by Gasteiger charge is -2.04. The largest absolute Gasteiger partial charge is 0.387 e. The van der Waals surface area contributed by atoms with E-state index in [-0.39, 0.29) is 0 Å². The first-order valence-electron chi connectivity index (χ1n) is 4.70. The molecule has 1 aromatic rings. The minimum Gasteiger partial charge on any atom is -0.387 e. The molecule has 0 atom stereocenters. The number of anilines is 1. The zero-order valence-corrected chi connectivity index (χ0v) is 8.41. The second kappa shape index (κ2) is 3.89. The summed E-state index contributed by atoms with van der Waals surface area (Å²) in [4.78, 5) is 0. The Labute approximate surface area is 88.7 Å². The van der Waals surface area contributed by atoms with E-state index in [2.05, 4.69) is 16.7 Å². The third-order valence-electron chi connectivity index (χ3n) is 2.29. The summed E-state index contributed by atoms with van der Waals surface area (Å²) in [6, 6.07) is 7.71. The van der Waals surface area contributed by atoms with Gasteiger partial charge >= 0.3 is 0 Å². The molecule has 1 aliphatic rings. The summed E-state index contributed by atoms with van der Waals surface area (Å²) < 4.78 is 0. The highest BCUT2D eigenvalue weighted by atomic mass is 14.9. The van der Waals surface area contributed by atoms with E-state index in [9.17, 15) is 0 Å². The van der Waals surface area contributed by atoms with Gasteiger partial charge in [-0.15, -0.1) is 0 Å². The summed E-state index contributed by atoms with van der Waals surface area (Å²) in [7, 11) is 1.87. The molecule has 2 N–H and O–H groups in total. The monoisotopic (exact) mass is 197 g/mol. The fraction of sp³-hybridized carbons (Fsp3) is 0.0833. The van der Waals surface area contributed by atoms with Gasteiger partial charge in [0.2, 0.25) is 0 Å². The summed E-state index contributed by atoms with van der Waals surface area (Å²) in [5.74, 6) is 0. The van der Waals surface area contributed by atoms with Crippen LogP contribution in [0.4, 0.5) is 5.69 Å². The summed E-state index contributed by atoms with van der Waals surface area (Å²) in [6.07, 6.45) is 5.85. The van der Waals surface area contributed by atoms with Crippen LogP contribution in [0.15, 0.2) is 36.2 Å². The second-order valence-corrected chi connectivity index (χ2v) is 3.24. The molecule has 3 nitrogen and oxygen atoms in total. The molecule has 2 rings (SSSR count).